The molecule has 11 heavy (non-hydrogen) atoms. The van der Waals surface area contributed by atoms with Gasteiger partial charge in [-0.25, -0.2) is 0 Å². The Morgan fingerprint density at radius 2 is 1.45 bits per heavy atom. The summed E-state index contributed by atoms with van der Waals surface area (Å²) in [6.07, 6.45) is 2.72. The van der Waals surface area contributed by atoms with Crippen LogP contribution in [-0.4, -0.2) is 0 Å². The van der Waals surface area contributed by atoms with Gasteiger partial charge in [0.2, 0.25) is 0 Å². The molecule has 0 saturated heterocycles. The van der Waals surface area contributed by atoms with Gasteiger partial charge < -0.3 is 0 Å². The molecule has 1 atom stereocenters. The number of hydrogen-bond donors (Lipinski definition) is 0. The minimum Gasteiger partial charge on any atom is -0.0648 e. The molecule has 0 aromatic heterocycles. The average molecular weight is 154 g/mol. The quantitative estimate of drug-likeness (QED) is 0.538. The van der Waals surface area contributed by atoms with E-state index in [2.05, 4.69) is 41.5 Å². The van der Waals surface area contributed by atoms with Crippen LogP contribution >= 0.6 is 0 Å². The molecule has 0 bridgehead atoms. The topological polar surface area (TPSA) is 0 Å². The monoisotopic (exact) mass is 154 g/mol. The van der Waals surface area contributed by atoms with Crippen LogP contribution in [0.25, 0.3) is 0 Å². The van der Waals surface area contributed by atoms with Crippen LogP contribution in [-0.2, 0) is 0 Å². The minimum absolute atomic E-state index is 0.523. The summed E-state index contributed by atoms with van der Waals surface area (Å²) >= 11 is 0. The SMILES string of the molecule is CCC1(C)CC(C)(C)C1(C)C. The van der Waals surface area contributed by atoms with Gasteiger partial charge >= 0.3 is 0 Å². The van der Waals surface area contributed by atoms with E-state index < -0.39 is 0 Å². The summed E-state index contributed by atoms with van der Waals surface area (Å²) in [4.78, 5) is 0. The lowest BCUT2D eigenvalue weighted by molar-refractivity contribution is -0.169. The zero-order chi connectivity index (χ0) is 8.91. The van der Waals surface area contributed by atoms with E-state index in [-0.39, 0.29) is 0 Å². The molecule has 0 heteroatoms. The highest BCUT2D eigenvalue weighted by molar-refractivity contribution is 5.09. The lowest BCUT2D eigenvalue weighted by Crippen LogP contribution is -2.58. The van der Waals surface area contributed by atoms with E-state index in [1.165, 1.54) is 12.8 Å². The third-order valence-electron chi connectivity index (χ3n) is 4.81. The van der Waals surface area contributed by atoms with Crippen LogP contribution in [0.4, 0.5) is 0 Å². The molecule has 0 nitrogen and oxygen atoms in total. The van der Waals surface area contributed by atoms with Crippen molar-refractivity contribution in [2.24, 2.45) is 16.2 Å². The zero-order valence-electron chi connectivity index (χ0n) is 8.91. The molecular weight excluding hydrogens is 132 g/mol. The van der Waals surface area contributed by atoms with Crippen molar-refractivity contribution >= 4 is 0 Å². The molecule has 0 aliphatic heterocycles. The fourth-order valence-electron chi connectivity index (χ4n) is 2.69. The number of hydrogen-bond acceptors (Lipinski definition) is 0. The van der Waals surface area contributed by atoms with Gasteiger partial charge in [-0.2, -0.15) is 0 Å². The maximum atomic E-state index is 2.43. The molecule has 66 valence electrons. The summed E-state index contributed by atoms with van der Waals surface area (Å²) in [5.74, 6) is 0. The first-order valence-electron chi connectivity index (χ1n) is 4.77. The van der Waals surface area contributed by atoms with E-state index in [1.807, 2.05) is 0 Å². The van der Waals surface area contributed by atoms with E-state index in [0.717, 1.165) is 0 Å². The predicted molar refractivity (Wildman–Crippen MR) is 50.6 cm³/mol. The molecule has 0 aromatic rings. The molecule has 1 unspecified atom stereocenters. The Morgan fingerprint density at radius 3 is 1.55 bits per heavy atom. The maximum Gasteiger partial charge on any atom is -0.0249 e. The Balaban J connectivity index is 2.84. The molecular formula is C11H22. The summed E-state index contributed by atoms with van der Waals surface area (Å²) in [5.41, 5.74) is 1.67. The third-order valence-corrected chi connectivity index (χ3v) is 4.81. The van der Waals surface area contributed by atoms with Crippen molar-refractivity contribution in [1.29, 1.82) is 0 Å². The molecule has 1 fully saturated rings. The van der Waals surface area contributed by atoms with Crippen LogP contribution in [0.2, 0.25) is 0 Å². The van der Waals surface area contributed by atoms with Crippen molar-refractivity contribution in [2.75, 3.05) is 0 Å². The normalized spacial score (nSPS) is 39.8. The van der Waals surface area contributed by atoms with E-state index in [4.69, 9.17) is 0 Å². The lowest BCUT2D eigenvalue weighted by atomic mass is 9.39. The van der Waals surface area contributed by atoms with Gasteiger partial charge in [0.15, 0.2) is 0 Å². The molecule has 0 amide bonds. The van der Waals surface area contributed by atoms with Crippen molar-refractivity contribution < 1.29 is 0 Å². The first kappa shape index (κ1) is 9.09. The van der Waals surface area contributed by atoms with Crippen molar-refractivity contribution in [3.63, 3.8) is 0 Å². The molecule has 0 radical (unpaired) electrons. The summed E-state index contributed by atoms with van der Waals surface area (Å²) < 4.78 is 0. The van der Waals surface area contributed by atoms with Gasteiger partial charge in [0.05, 0.1) is 0 Å². The van der Waals surface area contributed by atoms with Gasteiger partial charge in [0.1, 0.15) is 0 Å². The highest BCUT2D eigenvalue weighted by atomic mass is 14.6. The summed E-state index contributed by atoms with van der Waals surface area (Å²) in [6.45, 7) is 14.4. The Morgan fingerprint density at radius 1 is 1.00 bits per heavy atom. The fourth-order valence-corrected chi connectivity index (χ4v) is 2.69. The second-order valence-electron chi connectivity index (χ2n) is 5.60. The van der Waals surface area contributed by atoms with Crippen molar-refractivity contribution in [2.45, 2.75) is 54.4 Å². The third kappa shape index (κ3) is 0.878. The van der Waals surface area contributed by atoms with Crippen LogP contribution in [0.15, 0.2) is 0 Å². The van der Waals surface area contributed by atoms with Crippen LogP contribution in [0.3, 0.4) is 0 Å². The van der Waals surface area contributed by atoms with Crippen LogP contribution in [0, 0.1) is 16.2 Å². The van der Waals surface area contributed by atoms with Gasteiger partial charge in [-0.15, -0.1) is 0 Å². The van der Waals surface area contributed by atoms with Gasteiger partial charge in [-0.3, -0.25) is 0 Å². The molecule has 0 spiro atoms. The molecule has 0 N–H and O–H groups in total. The smallest absolute Gasteiger partial charge is 0.0249 e. The average Bonchev–Trinajstić information content (AvgIpc) is 1.86. The predicted octanol–water partition coefficient (Wildman–Crippen LogP) is 3.86. The largest absolute Gasteiger partial charge is 0.0648 e. The van der Waals surface area contributed by atoms with Crippen molar-refractivity contribution in [3.8, 4) is 0 Å². The van der Waals surface area contributed by atoms with Gasteiger partial charge in [0, 0.05) is 0 Å². The Kier molecular flexibility index (Phi) is 1.67. The van der Waals surface area contributed by atoms with Crippen molar-refractivity contribution in [3.05, 3.63) is 0 Å². The van der Waals surface area contributed by atoms with E-state index in [9.17, 15) is 0 Å². The second-order valence-corrected chi connectivity index (χ2v) is 5.60. The maximum absolute atomic E-state index is 2.43. The standard InChI is InChI=1S/C11H22/c1-7-11(6)8-9(2,3)10(11,4)5/h7-8H2,1-6H3. The summed E-state index contributed by atoms with van der Waals surface area (Å²) in [5, 5.41) is 0. The van der Waals surface area contributed by atoms with Gasteiger partial charge in [-0.1, -0.05) is 48.0 Å². The highest BCUT2D eigenvalue weighted by Gasteiger charge is 2.60. The van der Waals surface area contributed by atoms with Crippen LogP contribution in [0.1, 0.15) is 54.4 Å². The Bertz CT molecular complexity index is 165. The Hall–Kier alpha value is 0. The molecule has 1 aliphatic rings. The van der Waals surface area contributed by atoms with Gasteiger partial charge in [-0.05, 0) is 22.7 Å². The first-order chi connectivity index (χ1) is 4.77. The van der Waals surface area contributed by atoms with Crippen molar-refractivity contribution in [1.82, 2.24) is 0 Å². The summed E-state index contributed by atoms with van der Waals surface area (Å²) in [7, 11) is 0. The van der Waals surface area contributed by atoms with Crippen LogP contribution in [0.5, 0.6) is 0 Å². The van der Waals surface area contributed by atoms with Gasteiger partial charge in [0.25, 0.3) is 0 Å². The van der Waals surface area contributed by atoms with E-state index in [0.29, 0.717) is 16.2 Å². The lowest BCUT2D eigenvalue weighted by Gasteiger charge is -2.66. The Labute approximate surface area is 71.4 Å². The highest BCUT2D eigenvalue weighted by Crippen LogP contribution is 2.68. The molecule has 0 heterocycles. The summed E-state index contributed by atoms with van der Waals surface area (Å²) in [6, 6.07) is 0. The second kappa shape index (κ2) is 2.02. The first-order valence-corrected chi connectivity index (χ1v) is 4.77. The van der Waals surface area contributed by atoms with Crippen LogP contribution < -0.4 is 0 Å². The molecule has 1 aliphatic carbocycles. The molecule has 1 saturated carbocycles. The zero-order valence-corrected chi connectivity index (χ0v) is 8.91. The molecule has 1 rings (SSSR count). The number of rotatable bonds is 1. The van der Waals surface area contributed by atoms with E-state index >= 15 is 0 Å². The fraction of sp³-hybridized carbons (Fsp3) is 1.00. The molecule has 0 aromatic carbocycles. The van der Waals surface area contributed by atoms with E-state index in [1.54, 1.807) is 0 Å². The minimum atomic E-state index is 0.523.